The zero-order chi connectivity index (χ0) is 9.97. The van der Waals surface area contributed by atoms with Crippen LogP contribution >= 0.6 is 0 Å². The van der Waals surface area contributed by atoms with Crippen LogP contribution in [0.25, 0.3) is 0 Å². The van der Waals surface area contributed by atoms with Crippen molar-refractivity contribution in [1.29, 1.82) is 0 Å². The van der Waals surface area contributed by atoms with Gasteiger partial charge in [-0.1, -0.05) is 23.8 Å². The first-order valence-corrected chi connectivity index (χ1v) is 5.34. The molecular formula is C13H16O. The van der Waals surface area contributed by atoms with Crippen LogP contribution in [-0.2, 0) is 11.2 Å². The lowest BCUT2D eigenvalue weighted by atomic mass is 9.81. The van der Waals surface area contributed by atoms with Crippen molar-refractivity contribution < 1.29 is 4.79 Å². The molecule has 0 radical (unpaired) electrons. The van der Waals surface area contributed by atoms with E-state index in [2.05, 4.69) is 25.1 Å². The Hall–Kier alpha value is -1.11. The predicted molar refractivity (Wildman–Crippen MR) is 57.5 cm³/mol. The summed E-state index contributed by atoms with van der Waals surface area (Å²) in [4.78, 5) is 10.6. The highest BCUT2D eigenvalue weighted by molar-refractivity contribution is 5.53. The largest absolute Gasteiger partial charge is 0.303 e. The number of hydrogen-bond donors (Lipinski definition) is 0. The molecule has 0 bridgehead atoms. The van der Waals surface area contributed by atoms with Gasteiger partial charge in [-0.2, -0.15) is 0 Å². The van der Waals surface area contributed by atoms with E-state index < -0.39 is 0 Å². The molecule has 1 heteroatoms. The summed E-state index contributed by atoms with van der Waals surface area (Å²) in [5.74, 6) is 0.483. The van der Waals surface area contributed by atoms with E-state index in [9.17, 15) is 4.79 Å². The van der Waals surface area contributed by atoms with Gasteiger partial charge in [-0.15, -0.1) is 0 Å². The van der Waals surface area contributed by atoms with Gasteiger partial charge < -0.3 is 4.79 Å². The number of aldehydes is 1. The maximum absolute atomic E-state index is 10.6. The van der Waals surface area contributed by atoms with Gasteiger partial charge in [0.15, 0.2) is 0 Å². The maximum Gasteiger partial charge on any atom is 0.120 e. The van der Waals surface area contributed by atoms with Crippen molar-refractivity contribution in [1.82, 2.24) is 0 Å². The van der Waals surface area contributed by atoms with Crippen LogP contribution in [0.1, 0.15) is 41.9 Å². The highest BCUT2D eigenvalue weighted by atomic mass is 16.1. The molecule has 0 spiro atoms. The van der Waals surface area contributed by atoms with Gasteiger partial charge in [0, 0.05) is 6.42 Å². The van der Waals surface area contributed by atoms with Gasteiger partial charge >= 0.3 is 0 Å². The molecule has 1 aromatic carbocycles. The second-order valence-corrected chi connectivity index (χ2v) is 4.19. The normalized spacial score (nSPS) is 20.2. The molecule has 1 aromatic rings. The average molecular weight is 188 g/mol. The first kappa shape index (κ1) is 9.45. The zero-order valence-electron chi connectivity index (χ0n) is 8.62. The zero-order valence-corrected chi connectivity index (χ0v) is 8.62. The SMILES string of the molecule is Cc1ccc2c(c1)C(CC=O)CCC2. The fraction of sp³-hybridized carbons (Fsp3) is 0.462. The molecule has 0 amide bonds. The Balaban J connectivity index is 2.36. The fourth-order valence-corrected chi connectivity index (χ4v) is 2.38. The highest BCUT2D eigenvalue weighted by Gasteiger charge is 2.19. The molecule has 1 nitrogen and oxygen atoms in total. The maximum atomic E-state index is 10.6. The van der Waals surface area contributed by atoms with Crippen LogP contribution in [0.2, 0.25) is 0 Å². The number of hydrogen-bond acceptors (Lipinski definition) is 1. The molecule has 1 aliphatic rings. The van der Waals surface area contributed by atoms with E-state index in [-0.39, 0.29) is 0 Å². The Labute approximate surface area is 85.1 Å². The Morgan fingerprint density at radius 2 is 2.36 bits per heavy atom. The van der Waals surface area contributed by atoms with Crippen LogP contribution in [0.15, 0.2) is 18.2 Å². The van der Waals surface area contributed by atoms with Gasteiger partial charge in [0.1, 0.15) is 6.29 Å². The molecule has 1 atom stereocenters. The molecule has 2 rings (SSSR count). The van der Waals surface area contributed by atoms with Gasteiger partial charge in [0.2, 0.25) is 0 Å². The number of fused-ring (bicyclic) bond motifs is 1. The van der Waals surface area contributed by atoms with Gasteiger partial charge in [-0.25, -0.2) is 0 Å². The second kappa shape index (κ2) is 3.95. The van der Waals surface area contributed by atoms with E-state index in [0.29, 0.717) is 12.3 Å². The lowest BCUT2D eigenvalue weighted by Gasteiger charge is -2.24. The van der Waals surface area contributed by atoms with Crippen molar-refractivity contribution in [3.05, 3.63) is 34.9 Å². The second-order valence-electron chi connectivity index (χ2n) is 4.19. The summed E-state index contributed by atoms with van der Waals surface area (Å²) >= 11 is 0. The van der Waals surface area contributed by atoms with Crippen LogP contribution in [0.3, 0.4) is 0 Å². The first-order chi connectivity index (χ1) is 6.81. The Kier molecular flexibility index (Phi) is 2.67. The van der Waals surface area contributed by atoms with Crippen molar-refractivity contribution in [2.24, 2.45) is 0 Å². The van der Waals surface area contributed by atoms with Gasteiger partial charge in [-0.3, -0.25) is 0 Å². The summed E-state index contributed by atoms with van der Waals surface area (Å²) < 4.78 is 0. The molecule has 0 saturated heterocycles. The standard InChI is InChI=1S/C13H16O/c1-10-5-6-11-3-2-4-12(7-8-14)13(11)9-10/h5-6,8-9,12H,2-4,7H2,1H3. The predicted octanol–water partition coefficient (Wildman–Crippen LogP) is 3.00. The highest BCUT2D eigenvalue weighted by Crippen LogP contribution is 2.33. The lowest BCUT2D eigenvalue weighted by molar-refractivity contribution is -0.108. The van der Waals surface area contributed by atoms with Crippen LogP contribution in [-0.4, -0.2) is 6.29 Å². The fourth-order valence-electron chi connectivity index (χ4n) is 2.38. The molecule has 1 unspecified atom stereocenters. The quantitative estimate of drug-likeness (QED) is 0.652. The number of rotatable bonds is 2. The van der Waals surface area contributed by atoms with Gasteiger partial charge in [-0.05, 0) is 43.2 Å². The lowest BCUT2D eigenvalue weighted by Crippen LogP contribution is -2.10. The molecular weight excluding hydrogens is 172 g/mol. The van der Waals surface area contributed by atoms with E-state index in [0.717, 1.165) is 6.29 Å². The van der Waals surface area contributed by atoms with Crippen LogP contribution in [0, 0.1) is 6.92 Å². The van der Waals surface area contributed by atoms with Crippen molar-refractivity contribution >= 4 is 6.29 Å². The van der Waals surface area contributed by atoms with Gasteiger partial charge in [0.25, 0.3) is 0 Å². The summed E-state index contributed by atoms with van der Waals surface area (Å²) in [6.45, 7) is 2.12. The third kappa shape index (κ3) is 1.72. The number of benzene rings is 1. The van der Waals surface area contributed by atoms with E-state index in [1.807, 2.05) is 0 Å². The molecule has 14 heavy (non-hydrogen) atoms. The number of carbonyl (C=O) groups is 1. The van der Waals surface area contributed by atoms with Gasteiger partial charge in [0.05, 0.1) is 0 Å². The summed E-state index contributed by atoms with van der Waals surface area (Å²) in [6, 6.07) is 6.65. The Morgan fingerprint density at radius 3 is 3.14 bits per heavy atom. The van der Waals surface area contributed by atoms with Crippen molar-refractivity contribution in [2.75, 3.05) is 0 Å². The minimum Gasteiger partial charge on any atom is -0.303 e. The minimum absolute atomic E-state index is 0.483. The molecule has 0 aromatic heterocycles. The average Bonchev–Trinajstić information content (AvgIpc) is 2.19. The summed E-state index contributed by atoms with van der Waals surface area (Å²) in [5, 5.41) is 0. The Bertz CT molecular complexity index is 341. The smallest absolute Gasteiger partial charge is 0.120 e. The number of carbonyl (C=O) groups excluding carboxylic acids is 1. The molecule has 1 aliphatic carbocycles. The summed E-state index contributed by atoms with van der Waals surface area (Å²) in [7, 11) is 0. The summed E-state index contributed by atoms with van der Waals surface area (Å²) in [5.41, 5.74) is 4.18. The van der Waals surface area contributed by atoms with E-state index in [4.69, 9.17) is 0 Å². The van der Waals surface area contributed by atoms with Crippen molar-refractivity contribution in [3.8, 4) is 0 Å². The van der Waals surface area contributed by atoms with Crippen molar-refractivity contribution in [3.63, 3.8) is 0 Å². The topological polar surface area (TPSA) is 17.1 Å². The monoisotopic (exact) mass is 188 g/mol. The third-order valence-corrected chi connectivity index (χ3v) is 3.12. The molecule has 0 saturated carbocycles. The van der Waals surface area contributed by atoms with Crippen LogP contribution in [0.5, 0.6) is 0 Å². The minimum atomic E-state index is 0.483. The third-order valence-electron chi connectivity index (χ3n) is 3.12. The van der Waals surface area contributed by atoms with E-state index in [1.165, 1.54) is 36.0 Å². The summed E-state index contributed by atoms with van der Waals surface area (Å²) in [6.07, 6.45) is 5.34. The number of aryl methyl sites for hydroxylation is 2. The molecule has 74 valence electrons. The van der Waals surface area contributed by atoms with Crippen LogP contribution in [0.4, 0.5) is 0 Å². The van der Waals surface area contributed by atoms with E-state index in [1.54, 1.807) is 0 Å². The van der Waals surface area contributed by atoms with Crippen LogP contribution < -0.4 is 0 Å². The van der Waals surface area contributed by atoms with Crippen molar-refractivity contribution in [2.45, 2.75) is 38.5 Å². The first-order valence-electron chi connectivity index (χ1n) is 5.34. The molecule has 0 aliphatic heterocycles. The molecule has 0 heterocycles. The Morgan fingerprint density at radius 1 is 1.50 bits per heavy atom. The molecule has 0 N–H and O–H groups in total. The van der Waals surface area contributed by atoms with E-state index >= 15 is 0 Å². The molecule has 0 fully saturated rings.